The Labute approximate surface area is 255 Å². The van der Waals surface area contributed by atoms with E-state index in [1.165, 1.54) is 0 Å². The third-order valence-corrected chi connectivity index (χ3v) is 7.85. The molecule has 0 aliphatic heterocycles. The summed E-state index contributed by atoms with van der Waals surface area (Å²) in [5.41, 5.74) is -0.215. The van der Waals surface area contributed by atoms with Crippen LogP contribution in [0.25, 0.3) is 0 Å². The summed E-state index contributed by atoms with van der Waals surface area (Å²) in [5.74, 6) is -0.175. The maximum atomic E-state index is 13.0. The Kier molecular flexibility index (Phi) is 12.9. The van der Waals surface area contributed by atoms with Crippen molar-refractivity contribution in [3.63, 3.8) is 0 Å². The number of esters is 2. The number of aliphatic hydroxyl groups is 1. The summed E-state index contributed by atoms with van der Waals surface area (Å²) >= 11 is 0. The van der Waals surface area contributed by atoms with Crippen LogP contribution in [0.2, 0.25) is 0 Å². The number of hydrogen-bond acceptors (Lipinski definition) is 7. The summed E-state index contributed by atoms with van der Waals surface area (Å²) in [6.07, 6.45) is 8.14. The van der Waals surface area contributed by atoms with E-state index in [9.17, 15) is 14.7 Å². The van der Waals surface area contributed by atoms with E-state index >= 15 is 0 Å². The molecule has 0 saturated heterocycles. The molecule has 0 saturated carbocycles. The van der Waals surface area contributed by atoms with Crippen LogP contribution in [-0.4, -0.2) is 58.3 Å². The molecule has 42 heavy (non-hydrogen) atoms. The van der Waals surface area contributed by atoms with Crippen molar-refractivity contribution in [3.8, 4) is 0 Å². The average Bonchev–Trinajstić information content (AvgIpc) is 2.79. The van der Waals surface area contributed by atoms with Crippen molar-refractivity contribution in [1.82, 2.24) is 0 Å². The first-order valence-electron chi connectivity index (χ1n) is 16.0. The summed E-state index contributed by atoms with van der Waals surface area (Å²) in [6, 6.07) is 0. The SMILES string of the molecule is CC[C@H](C)C(=O)O[C@H]1C[C@H](OC(C)(C)C)C=C2C=C[C@H](C)[C@H](CC[C@@H](O)C[C@H](CC(=O)OC(C)(C)C)OC(C)(C)C)[C@H]21. The molecule has 0 amide bonds. The van der Waals surface area contributed by atoms with Crippen LogP contribution in [0.15, 0.2) is 23.8 Å². The van der Waals surface area contributed by atoms with E-state index in [2.05, 4.69) is 25.2 Å². The predicted molar refractivity (Wildman–Crippen MR) is 167 cm³/mol. The van der Waals surface area contributed by atoms with Crippen molar-refractivity contribution in [1.29, 1.82) is 0 Å². The van der Waals surface area contributed by atoms with E-state index in [1.807, 2.05) is 76.2 Å². The molecule has 1 N–H and O–H groups in total. The zero-order valence-electron chi connectivity index (χ0n) is 28.5. The summed E-state index contributed by atoms with van der Waals surface area (Å²) in [5, 5.41) is 11.2. The molecule has 0 aromatic carbocycles. The van der Waals surface area contributed by atoms with Gasteiger partial charge in [-0.3, -0.25) is 9.59 Å². The molecule has 2 rings (SSSR count). The fourth-order valence-corrected chi connectivity index (χ4v) is 5.99. The number of aliphatic hydroxyl groups excluding tert-OH is 1. The lowest BCUT2D eigenvalue weighted by molar-refractivity contribution is -0.163. The van der Waals surface area contributed by atoms with Gasteiger partial charge in [0.25, 0.3) is 0 Å². The van der Waals surface area contributed by atoms with E-state index in [4.69, 9.17) is 18.9 Å². The Bertz CT molecular complexity index is 946. The fraction of sp³-hybridized carbons (Fsp3) is 0.829. The highest BCUT2D eigenvalue weighted by atomic mass is 16.6. The maximum Gasteiger partial charge on any atom is 0.308 e. The predicted octanol–water partition coefficient (Wildman–Crippen LogP) is 7.34. The molecule has 242 valence electrons. The van der Waals surface area contributed by atoms with Crippen molar-refractivity contribution < 1.29 is 33.6 Å². The Morgan fingerprint density at radius 2 is 1.67 bits per heavy atom. The highest BCUT2D eigenvalue weighted by Gasteiger charge is 2.43. The number of allylic oxidation sites excluding steroid dienone is 2. The number of carbonyl (C=O) groups excluding carboxylic acids is 2. The van der Waals surface area contributed by atoms with Gasteiger partial charge in [-0.25, -0.2) is 0 Å². The monoisotopic (exact) mass is 592 g/mol. The van der Waals surface area contributed by atoms with Gasteiger partial charge in [-0.2, -0.15) is 0 Å². The molecule has 7 nitrogen and oxygen atoms in total. The molecular formula is C35H60O7. The van der Waals surface area contributed by atoms with Gasteiger partial charge in [0.2, 0.25) is 0 Å². The molecule has 2 aliphatic rings. The molecule has 0 spiro atoms. The molecule has 8 atom stereocenters. The van der Waals surface area contributed by atoms with Crippen LogP contribution in [0.1, 0.15) is 122 Å². The van der Waals surface area contributed by atoms with E-state index in [-0.39, 0.29) is 59.8 Å². The van der Waals surface area contributed by atoms with Crippen LogP contribution in [0.3, 0.4) is 0 Å². The van der Waals surface area contributed by atoms with E-state index in [1.54, 1.807) is 0 Å². The van der Waals surface area contributed by atoms with Crippen molar-refractivity contribution in [2.75, 3.05) is 0 Å². The molecule has 0 radical (unpaired) electrons. The second-order valence-corrected chi connectivity index (χ2v) is 15.5. The first kappa shape index (κ1) is 36.5. The van der Waals surface area contributed by atoms with Gasteiger partial charge >= 0.3 is 11.9 Å². The van der Waals surface area contributed by atoms with E-state index < -0.39 is 23.4 Å². The first-order chi connectivity index (χ1) is 19.2. The van der Waals surface area contributed by atoms with Crippen molar-refractivity contribution >= 4 is 11.9 Å². The Balaban J connectivity index is 2.21. The number of carbonyl (C=O) groups is 2. The third kappa shape index (κ3) is 12.5. The topological polar surface area (TPSA) is 91.3 Å². The van der Waals surface area contributed by atoms with Gasteiger partial charge in [-0.1, -0.05) is 39.0 Å². The van der Waals surface area contributed by atoms with Crippen LogP contribution in [0.4, 0.5) is 0 Å². The molecule has 2 aliphatic carbocycles. The van der Waals surface area contributed by atoms with E-state index in [0.717, 1.165) is 18.4 Å². The van der Waals surface area contributed by atoms with Crippen LogP contribution < -0.4 is 0 Å². The molecule has 0 bridgehead atoms. The average molecular weight is 593 g/mol. The molecular weight excluding hydrogens is 532 g/mol. The summed E-state index contributed by atoms with van der Waals surface area (Å²) in [7, 11) is 0. The fourth-order valence-electron chi connectivity index (χ4n) is 5.99. The minimum absolute atomic E-state index is 0.0356. The molecule has 7 heteroatoms. The Morgan fingerprint density at radius 1 is 1.02 bits per heavy atom. The maximum absolute atomic E-state index is 13.0. The number of ether oxygens (including phenoxy) is 4. The van der Waals surface area contributed by atoms with E-state index in [0.29, 0.717) is 19.3 Å². The second-order valence-electron chi connectivity index (χ2n) is 15.5. The summed E-state index contributed by atoms with van der Waals surface area (Å²) < 4.78 is 24.3. The zero-order valence-corrected chi connectivity index (χ0v) is 28.5. The van der Waals surface area contributed by atoms with Gasteiger partial charge in [-0.15, -0.1) is 0 Å². The van der Waals surface area contributed by atoms with Crippen LogP contribution >= 0.6 is 0 Å². The molecule has 0 aromatic rings. The van der Waals surface area contributed by atoms with Crippen molar-refractivity contribution in [2.45, 2.75) is 163 Å². The standard InChI is InChI=1S/C35H60O7/c1-13-22(2)32(38)39-29-20-26(40-33(4,5)6)18-24-15-14-23(3)28(31(24)29)17-16-25(36)19-27(41-34(7,8)9)21-30(37)42-35(10,11)12/h14-15,18,22-23,25-29,31,36H,13,16-17,19-21H2,1-12H3/t22-,23-,25+,26+,27+,28-,29-,31-/m0/s1. The largest absolute Gasteiger partial charge is 0.461 e. The minimum atomic E-state index is -0.646. The first-order valence-corrected chi connectivity index (χ1v) is 16.0. The van der Waals surface area contributed by atoms with Gasteiger partial charge in [0.1, 0.15) is 11.7 Å². The Morgan fingerprint density at radius 3 is 2.21 bits per heavy atom. The lowest BCUT2D eigenvalue weighted by atomic mass is 9.66. The van der Waals surface area contributed by atoms with Crippen LogP contribution in [-0.2, 0) is 28.5 Å². The quantitative estimate of drug-likeness (QED) is 0.237. The van der Waals surface area contributed by atoms with Gasteiger partial charge in [0.15, 0.2) is 0 Å². The van der Waals surface area contributed by atoms with Crippen LogP contribution in [0, 0.1) is 23.7 Å². The second kappa shape index (κ2) is 14.9. The van der Waals surface area contributed by atoms with Crippen molar-refractivity contribution in [3.05, 3.63) is 23.8 Å². The highest BCUT2D eigenvalue weighted by molar-refractivity contribution is 5.72. The van der Waals surface area contributed by atoms with Crippen molar-refractivity contribution in [2.24, 2.45) is 23.7 Å². The molecule has 0 fully saturated rings. The molecule has 0 unspecified atom stereocenters. The normalized spacial score (nSPS) is 27.0. The molecule has 0 aromatic heterocycles. The lowest BCUT2D eigenvalue weighted by Crippen LogP contribution is -2.44. The summed E-state index contributed by atoms with van der Waals surface area (Å²) in [6.45, 7) is 23.6. The number of hydrogen-bond donors (Lipinski definition) is 1. The molecule has 0 heterocycles. The zero-order chi connectivity index (χ0) is 32.0. The lowest BCUT2D eigenvalue weighted by Gasteiger charge is -2.44. The smallest absolute Gasteiger partial charge is 0.308 e. The van der Waals surface area contributed by atoms with Gasteiger partial charge < -0.3 is 24.1 Å². The summed E-state index contributed by atoms with van der Waals surface area (Å²) in [4.78, 5) is 25.6. The third-order valence-electron chi connectivity index (χ3n) is 7.85. The van der Waals surface area contributed by atoms with Gasteiger partial charge in [-0.05, 0) is 99.0 Å². The number of fused-ring (bicyclic) bond motifs is 1. The van der Waals surface area contributed by atoms with Gasteiger partial charge in [0, 0.05) is 18.8 Å². The van der Waals surface area contributed by atoms with Gasteiger partial charge in [0.05, 0.1) is 41.9 Å². The highest BCUT2D eigenvalue weighted by Crippen LogP contribution is 2.45. The number of rotatable bonds is 12. The van der Waals surface area contributed by atoms with Crippen LogP contribution in [0.5, 0.6) is 0 Å². The minimum Gasteiger partial charge on any atom is -0.461 e. The Hall–Kier alpha value is -1.70.